The highest BCUT2D eigenvalue weighted by atomic mass is 32.2. The molecular formula is C41H65N5O7S. The lowest BCUT2D eigenvalue weighted by molar-refractivity contribution is -0.146. The van der Waals surface area contributed by atoms with Crippen LogP contribution in [0.25, 0.3) is 0 Å². The molecule has 0 bridgehead atoms. The molecule has 4 aliphatic carbocycles. The number of rotatable bonds is 16. The van der Waals surface area contributed by atoms with Crippen LogP contribution >= 0.6 is 0 Å². The first kappa shape index (κ1) is 42.0. The second-order valence-corrected chi connectivity index (χ2v) is 21.3. The van der Waals surface area contributed by atoms with Crippen LogP contribution < -0.4 is 21.3 Å². The van der Waals surface area contributed by atoms with Crippen molar-refractivity contribution >= 4 is 39.4 Å². The van der Waals surface area contributed by atoms with Gasteiger partial charge in [0, 0.05) is 19.5 Å². The van der Waals surface area contributed by atoms with Gasteiger partial charge in [-0.1, -0.05) is 79.1 Å². The zero-order valence-corrected chi connectivity index (χ0v) is 34.3. The lowest BCUT2D eigenvalue weighted by Gasteiger charge is -2.44. The van der Waals surface area contributed by atoms with E-state index in [1.807, 2.05) is 13.8 Å². The van der Waals surface area contributed by atoms with Gasteiger partial charge in [-0.2, -0.15) is 0 Å². The molecule has 0 aromatic heterocycles. The Morgan fingerprint density at radius 1 is 0.926 bits per heavy atom. The highest BCUT2D eigenvalue weighted by Gasteiger charge is 2.70. The van der Waals surface area contributed by atoms with Gasteiger partial charge in [-0.25, -0.2) is 13.2 Å². The molecule has 0 aromatic rings. The number of urea groups is 1. The zero-order valence-electron chi connectivity index (χ0n) is 33.5. The van der Waals surface area contributed by atoms with Crippen molar-refractivity contribution in [2.45, 2.75) is 166 Å². The fraction of sp³-hybridized carbons (Fsp3) is 0.829. The molecule has 5 fully saturated rings. The predicted octanol–water partition coefficient (Wildman–Crippen LogP) is 4.41. The van der Waals surface area contributed by atoms with Gasteiger partial charge in [0.25, 0.3) is 5.91 Å². The van der Waals surface area contributed by atoms with E-state index >= 15 is 0 Å². The first-order chi connectivity index (χ1) is 25.3. The molecule has 3 unspecified atom stereocenters. The van der Waals surface area contributed by atoms with Crippen LogP contribution in [0.5, 0.6) is 0 Å². The van der Waals surface area contributed by atoms with Gasteiger partial charge in [-0.05, 0) is 81.0 Å². The van der Waals surface area contributed by atoms with E-state index < -0.39 is 67.3 Å². The summed E-state index contributed by atoms with van der Waals surface area (Å²) in [7, 11) is -3.58. The molecule has 12 nitrogen and oxygen atoms in total. The molecule has 4 N–H and O–H groups in total. The van der Waals surface area contributed by atoms with Gasteiger partial charge in [0.05, 0.1) is 22.1 Å². The second kappa shape index (κ2) is 16.1. The third-order valence-corrected chi connectivity index (χ3v) is 16.9. The monoisotopic (exact) mass is 771 g/mol. The Labute approximate surface area is 323 Å². The quantitative estimate of drug-likeness (QED) is 0.102. The van der Waals surface area contributed by atoms with Gasteiger partial charge in [-0.15, -0.1) is 12.3 Å². The summed E-state index contributed by atoms with van der Waals surface area (Å²) in [6.45, 7) is 12.0. The molecule has 1 saturated heterocycles. The fourth-order valence-corrected chi connectivity index (χ4v) is 11.5. The molecule has 13 heteroatoms. The van der Waals surface area contributed by atoms with E-state index in [1.54, 1.807) is 18.7 Å². The van der Waals surface area contributed by atoms with Gasteiger partial charge in [0.1, 0.15) is 12.1 Å². The van der Waals surface area contributed by atoms with Crippen molar-refractivity contribution in [2.24, 2.45) is 28.6 Å². The highest BCUT2D eigenvalue weighted by Crippen LogP contribution is 2.65. The third-order valence-electron chi connectivity index (χ3n) is 14.0. The van der Waals surface area contributed by atoms with Crippen molar-refractivity contribution in [3.8, 4) is 12.3 Å². The zero-order chi connectivity index (χ0) is 39.7. The van der Waals surface area contributed by atoms with E-state index in [4.69, 9.17) is 6.42 Å². The first-order valence-corrected chi connectivity index (χ1v) is 22.1. The Hall–Kier alpha value is -3.14. The number of piperidine rings is 1. The van der Waals surface area contributed by atoms with Crippen LogP contribution in [0.3, 0.4) is 0 Å². The summed E-state index contributed by atoms with van der Waals surface area (Å²) in [6, 6.07) is -3.42. The molecule has 1 aliphatic heterocycles. The largest absolute Gasteiger partial charge is 0.348 e. The number of nitrogens with zero attached hydrogens (tertiary/aromatic N) is 1. The summed E-state index contributed by atoms with van der Waals surface area (Å²) in [6.07, 6.45) is 16.1. The molecule has 0 spiro atoms. The molecule has 5 aliphatic rings. The standard InChI is InChI=1S/C41H65N5O7S/c1-8-10-23-42-35(49)32(47)29(24-27-17-18-27)43-34(48)31-30-28(39(30,5)6)25-46(31)36(50)33(40(7)19-13-11-14-20-40)44-37(51)45-41(21-15-12-16-22-41)26-54(52,53)38(3,4)9-2/h1,27-31,33H,9-26H2,2-7H3,(H,42,49)(H,43,48)(H2,44,45,51)/t28?,29?,30?,31-,33+/m0/s1. The molecule has 5 rings (SSSR count). The molecule has 5 amide bonds. The summed E-state index contributed by atoms with van der Waals surface area (Å²) in [5, 5.41) is 11.6. The number of amides is 5. The Bertz CT molecular complexity index is 1600. The number of sulfone groups is 1. The molecule has 5 atom stereocenters. The smallest absolute Gasteiger partial charge is 0.315 e. The van der Waals surface area contributed by atoms with Crippen LogP contribution in [-0.4, -0.2) is 90.1 Å². The van der Waals surface area contributed by atoms with Gasteiger partial charge in [-0.3, -0.25) is 19.2 Å². The Morgan fingerprint density at radius 3 is 2.11 bits per heavy atom. The van der Waals surface area contributed by atoms with Crippen LogP contribution in [0.4, 0.5) is 4.79 Å². The Balaban J connectivity index is 1.39. The van der Waals surface area contributed by atoms with Crippen molar-refractivity contribution in [3.05, 3.63) is 0 Å². The summed E-state index contributed by atoms with van der Waals surface area (Å²) < 4.78 is 26.4. The number of fused-ring (bicyclic) bond motifs is 1. The molecule has 54 heavy (non-hydrogen) atoms. The topological polar surface area (TPSA) is 171 Å². The van der Waals surface area contributed by atoms with Crippen molar-refractivity contribution < 1.29 is 32.4 Å². The number of Topliss-reactive ketones (excluding diaryl/α,β-unsaturated/α-hetero) is 1. The van der Waals surface area contributed by atoms with E-state index in [9.17, 15) is 32.4 Å². The van der Waals surface area contributed by atoms with E-state index in [0.29, 0.717) is 45.1 Å². The Kier molecular flexibility index (Phi) is 12.6. The van der Waals surface area contributed by atoms with Gasteiger partial charge < -0.3 is 26.2 Å². The average molecular weight is 772 g/mol. The summed E-state index contributed by atoms with van der Waals surface area (Å²) in [5.41, 5.74) is -1.75. The maximum atomic E-state index is 15.0. The van der Waals surface area contributed by atoms with E-state index in [1.165, 1.54) is 0 Å². The molecule has 302 valence electrons. The van der Waals surface area contributed by atoms with Crippen LogP contribution in [-0.2, 0) is 29.0 Å². The fourth-order valence-electron chi connectivity index (χ4n) is 9.55. The van der Waals surface area contributed by atoms with Crippen LogP contribution in [0.15, 0.2) is 0 Å². The highest BCUT2D eigenvalue weighted by molar-refractivity contribution is 7.92. The van der Waals surface area contributed by atoms with Crippen LogP contribution in [0, 0.1) is 40.9 Å². The number of ketones is 1. The minimum atomic E-state index is -3.58. The number of nitrogens with one attached hydrogen (secondary N) is 4. The molecule has 1 heterocycles. The number of likely N-dealkylation sites (tertiary alicyclic amines) is 1. The SMILES string of the molecule is C#CCCNC(=O)C(=O)C(CC1CC1)NC(=O)[C@@H]1C2C(CN1C(=O)[C@@H](NC(=O)NC1(CS(=O)(=O)C(C)(C)CC)CCCCC1)C1(C)CCCCC1)C2(C)C. The second-order valence-electron chi connectivity index (χ2n) is 18.7. The van der Waals surface area contributed by atoms with Crippen molar-refractivity contribution in [1.82, 2.24) is 26.2 Å². The average Bonchev–Trinajstić information content (AvgIpc) is 3.97. The van der Waals surface area contributed by atoms with Crippen molar-refractivity contribution in [3.63, 3.8) is 0 Å². The maximum Gasteiger partial charge on any atom is 0.315 e. The third kappa shape index (κ3) is 8.94. The lowest BCUT2D eigenvalue weighted by Crippen LogP contribution is -2.65. The molecule has 4 saturated carbocycles. The number of hydrogen-bond donors (Lipinski definition) is 4. The number of carbonyl (C=O) groups excluding carboxylic acids is 5. The van der Waals surface area contributed by atoms with Crippen LogP contribution in [0.2, 0.25) is 0 Å². The predicted molar refractivity (Wildman–Crippen MR) is 208 cm³/mol. The normalized spacial score (nSPS) is 26.6. The summed E-state index contributed by atoms with van der Waals surface area (Å²) >= 11 is 0. The maximum absolute atomic E-state index is 15.0. The lowest BCUT2D eigenvalue weighted by atomic mass is 9.70. The molecule has 0 aromatic carbocycles. The van der Waals surface area contributed by atoms with Gasteiger partial charge >= 0.3 is 6.03 Å². The van der Waals surface area contributed by atoms with E-state index in [2.05, 4.69) is 41.0 Å². The number of hydrogen-bond acceptors (Lipinski definition) is 7. The number of terminal acetylenes is 1. The number of carbonyl (C=O) groups is 5. The van der Waals surface area contributed by atoms with Gasteiger partial charge in [0.2, 0.25) is 17.6 Å². The first-order valence-electron chi connectivity index (χ1n) is 20.5. The molecular weight excluding hydrogens is 707 g/mol. The van der Waals surface area contributed by atoms with Crippen molar-refractivity contribution in [1.29, 1.82) is 0 Å². The minimum Gasteiger partial charge on any atom is -0.348 e. The summed E-state index contributed by atoms with van der Waals surface area (Å²) in [4.78, 5) is 71.3. The Morgan fingerprint density at radius 2 is 1.54 bits per heavy atom. The van der Waals surface area contributed by atoms with Crippen molar-refractivity contribution in [2.75, 3.05) is 18.8 Å². The van der Waals surface area contributed by atoms with Crippen LogP contribution in [0.1, 0.15) is 138 Å². The molecule has 0 radical (unpaired) electrons. The van der Waals surface area contributed by atoms with Gasteiger partial charge in [0.15, 0.2) is 9.84 Å². The van der Waals surface area contributed by atoms with E-state index in [0.717, 1.165) is 51.4 Å². The summed E-state index contributed by atoms with van der Waals surface area (Å²) in [5.74, 6) is 0.109. The minimum absolute atomic E-state index is 0.0631. The van der Waals surface area contributed by atoms with E-state index in [-0.39, 0.29) is 47.8 Å².